The van der Waals surface area contributed by atoms with E-state index in [4.69, 9.17) is 0 Å². The summed E-state index contributed by atoms with van der Waals surface area (Å²) in [6.45, 7) is 8.33. The van der Waals surface area contributed by atoms with Crippen LogP contribution in [0.2, 0.25) is 0 Å². The van der Waals surface area contributed by atoms with Gasteiger partial charge in [-0.25, -0.2) is 18.2 Å². The van der Waals surface area contributed by atoms with Gasteiger partial charge in [0.1, 0.15) is 6.54 Å². The summed E-state index contributed by atoms with van der Waals surface area (Å²) in [5.41, 5.74) is -0.409. The fourth-order valence-corrected chi connectivity index (χ4v) is 3.95. The van der Waals surface area contributed by atoms with E-state index in [1.165, 1.54) is 0 Å². The van der Waals surface area contributed by atoms with Crippen LogP contribution in [0.3, 0.4) is 0 Å². The third-order valence-corrected chi connectivity index (χ3v) is 5.69. The molecule has 1 aromatic carbocycles. The monoisotopic (exact) mass is 530 g/mol. The van der Waals surface area contributed by atoms with Crippen LogP contribution in [0.5, 0.6) is 0 Å². The highest BCUT2D eigenvalue weighted by molar-refractivity contribution is 14.0. The van der Waals surface area contributed by atoms with Crippen LogP contribution in [0.1, 0.15) is 20.8 Å². The second-order valence-corrected chi connectivity index (χ2v) is 7.89. The Balaban J connectivity index is 0.00000392. The first-order valence-corrected chi connectivity index (χ1v) is 9.96. The molecule has 1 aromatic rings. The number of guanidine groups is 1. The summed E-state index contributed by atoms with van der Waals surface area (Å²) in [4.78, 5) is 18.5. The van der Waals surface area contributed by atoms with E-state index in [1.54, 1.807) is 0 Å². The number of nitrogens with one attached hydrogen (secondary N) is 2. The Bertz CT molecular complexity index is 706. The van der Waals surface area contributed by atoms with E-state index < -0.39 is 29.0 Å². The predicted octanol–water partition coefficient (Wildman–Crippen LogP) is 3.70. The summed E-state index contributed by atoms with van der Waals surface area (Å²) in [6, 6.07) is 1.74. The first kappa shape index (κ1) is 24.9. The lowest BCUT2D eigenvalue weighted by atomic mass is 10.1. The fraction of sp³-hybridized carbons (Fsp3) is 0.556. The number of hydrogen-bond acceptors (Lipinski definition) is 3. The van der Waals surface area contributed by atoms with Crippen molar-refractivity contribution in [1.29, 1.82) is 0 Å². The second kappa shape index (κ2) is 11.7. The standard InChI is InChI=1S/C18H25F3N4OS.HI/c1-4-22-18(25-7-8-27-14(10-25)11(2)3)23-9-15(26)24-13-6-5-12(19)16(20)17(13)21;/h5-6,11,14H,4,7-10H2,1-3H3,(H,22,23)(H,24,26);1H. The Morgan fingerprint density at radius 1 is 1.32 bits per heavy atom. The van der Waals surface area contributed by atoms with Gasteiger partial charge in [-0.3, -0.25) is 4.79 Å². The molecule has 0 radical (unpaired) electrons. The maximum Gasteiger partial charge on any atom is 0.246 e. The van der Waals surface area contributed by atoms with Gasteiger partial charge in [0.15, 0.2) is 23.4 Å². The number of nitrogens with zero attached hydrogens (tertiary/aromatic N) is 2. The van der Waals surface area contributed by atoms with Gasteiger partial charge in [-0.1, -0.05) is 13.8 Å². The highest BCUT2D eigenvalue weighted by atomic mass is 127. The molecule has 28 heavy (non-hydrogen) atoms. The molecule has 2 rings (SSSR count). The van der Waals surface area contributed by atoms with E-state index >= 15 is 0 Å². The van der Waals surface area contributed by atoms with Gasteiger partial charge in [-0.15, -0.1) is 24.0 Å². The van der Waals surface area contributed by atoms with Crippen LogP contribution in [0, 0.1) is 23.4 Å². The average molecular weight is 530 g/mol. The molecule has 10 heteroatoms. The van der Waals surface area contributed by atoms with Gasteiger partial charge >= 0.3 is 0 Å². The summed E-state index contributed by atoms with van der Waals surface area (Å²) >= 11 is 1.93. The summed E-state index contributed by atoms with van der Waals surface area (Å²) in [5.74, 6) is -2.84. The summed E-state index contributed by atoms with van der Waals surface area (Å²) in [7, 11) is 0. The number of thioether (sulfide) groups is 1. The molecule has 1 atom stereocenters. The van der Waals surface area contributed by atoms with Gasteiger partial charge in [0.05, 0.1) is 5.69 Å². The van der Waals surface area contributed by atoms with Gasteiger partial charge in [0.2, 0.25) is 5.91 Å². The molecule has 5 nitrogen and oxygen atoms in total. The van der Waals surface area contributed by atoms with Gasteiger partial charge in [-0.05, 0) is 25.0 Å². The fourth-order valence-electron chi connectivity index (χ4n) is 2.66. The van der Waals surface area contributed by atoms with Gasteiger partial charge < -0.3 is 15.5 Å². The van der Waals surface area contributed by atoms with Gasteiger partial charge in [0, 0.05) is 30.6 Å². The minimum absolute atomic E-state index is 0. The van der Waals surface area contributed by atoms with Crippen molar-refractivity contribution >= 4 is 53.3 Å². The Kier molecular flexibility index (Phi) is 10.4. The van der Waals surface area contributed by atoms with Crippen LogP contribution in [0.4, 0.5) is 18.9 Å². The molecule has 1 amide bonds. The zero-order valence-corrected chi connectivity index (χ0v) is 19.2. The minimum atomic E-state index is -1.62. The van der Waals surface area contributed by atoms with E-state index in [9.17, 15) is 18.0 Å². The smallest absolute Gasteiger partial charge is 0.246 e. The molecule has 1 aliphatic heterocycles. The van der Waals surface area contributed by atoms with Crippen LogP contribution in [0.15, 0.2) is 17.1 Å². The molecule has 158 valence electrons. The Morgan fingerprint density at radius 2 is 2.04 bits per heavy atom. The van der Waals surface area contributed by atoms with Crippen LogP contribution in [-0.2, 0) is 4.79 Å². The number of halogens is 4. The molecule has 1 fully saturated rings. The average Bonchev–Trinajstić information content (AvgIpc) is 2.65. The van der Waals surface area contributed by atoms with Crippen LogP contribution in [-0.4, -0.2) is 53.9 Å². The molecule has 0 saturated carbocycles. The van der Waals surface area contributed by atoms with E-state index in [2.05, 4.69) is 34.4 Å². The quantitative estimate of drug-likeness (QED) is 0.264. The zero-order valence-electron chi connectivity index (χ0n) is 16.1. The molecular weight excluding hydrogens is 504 g/mol. The number of amides is 1. The predicted molar refractivity (Wildman–Crippen MR) is 119 cm³/mol. The second-order valence-electron chi connectivity index (χ2n) is 6.54. The Morgan fingerprint density at radius 3 is 2.68 bits per heavy atom. The molecule has 0 bridgehead atoms. The lowest BCUT2D eigenvalue weighted by Gasteiger charge is -2.36. The number of carbonyl (C=O) groups excluding carboxylic acids is 1. The van der Waals surface area contributed by atoms with Crippen molar-refractivity contribution in [2.24, 2.45) is 10.9 Å². The highest BCUT2D eigenvalue weighted by Crippen LogP contribution is 2.25. The molecule has 0 spiro atoms. The Labute approximate surface area is 184 Å². The highest BCUT2D eigenvalue weighted by Gasteiger charge is 2.25. The molecule has 1 saturated heterocycles. The third-order valence-electron chi connectivity index (χ3n) is 4.15. The Hall–Kier alpha value is -1.17. The zero-order chi connectivity index (χ0) is 20.0. The van der Waals surface area contributed by atoms with Crippen molar-refractivity contribution in [3.8, 4) is 0 Å². The van der Waals surface area contributed by atoms with Crippen molar-refractivity contribution in [1.82, 2.24) is 10.2 Å². The van der Waals surface area contributed by atoms with Crippen LogP contribution >= 0.6 is 35.7 Å². The molecule has 1 aliphatic rings. The molecule has 0 aromatic heterocycles. The van der Waals surface area contributed by atoms with E-state index in [-0.39, 0.29) is 30.5 Å². The first-order valence-electron chi connectivity index (χ1n) is 8.91. The number of carbonyl (C=O) groups is 1. The first-order chi connectivity index (χ1) is 12.8. The van der Waals surface area contributed by atoms with Crippen molar-refractivity contribution < 1.29 is 18.0 Å². The van der Waals surface area contributed by atoms with Crippen LogP contribution < -0.4 is 10.6 Å². The number of rotatable bonds is 5. The van der Waals surface area contributed by atoms with Gasteiger partial charge in [-0.2, -0.15) is 11.8 Å². The number of benzene rings is 1. The maximum absolute atomic E-state index is 13.7. The third kappa shape index (κ3) is 6.71. The SMILES string of the molecule is CCNC(=NCC(=O)Nc1ccc(F)c(F)c1F)N1CCSC(C(C)C)C1.I. The molecule has 2 N–H and O–H groups in total. The van der Waals surface area contributed by atoms with Gasteiger partial charge in [0.25, 0.3) is 0 Å². The number of anilines is 1. The molecular formula is C18H26F3IN4OS. The molecule has 1 heterocycles. The summed E-state index contributed by atoms with van der Waals surface area (Å²) in [5, 5.41) is 5.87. The topological polar surface area (TPSA) is 56.7 Å². The van der Waals surface area contributed by atoms with Crippen molar-refractivity contribution in [3.63, 3.8) is 0 Å². The van der Waals surface area contributed by atoms with E-state index in [0.717, 1.165) is 31.0 Å². The largest absolute Gasteiger partial charge is 0.357 e. The molecule has 0 aliphatic carbocycles. The minimum Gasteiger partial charge on any atom is -0.357 e. The summed E-state index contributed by atoms with van der Waals surface area (Å²) < 4.78 is 39.9. The normalized spacial score (nSPS) is 17.3. The molecule has 1 unspecified atom stereocenters. The van der Waals surface area contributed by atoms with Crippen LogP contribution in [0.25, 0.3) is 0 Å². The maximum atomic E-state index is 13.7. The number of aliphatic imine (C=N–C) groups is 1. The lowest BCUT2D eigenvalue weighted by Crippen LogP contribution is -2.49. The number of hydrogen-bond donors (Lipinski definition) is 2. The lowest BCUT2D eigenvalue weighted by molar-refractivity contribution is -0.114. The van der Waals surface area contributed by atoms with E-state index in [1.807, 2.05) is 18.7 Å². The summed E-state index contributed by atoms with van der Waals surface area (Å²) in [6.07, 6.45) is 0. The van der Waals surface area contributed by atoms with Crippen molar-refractivity contribution in [2.75, 3.05) is 37.2 Å². The van der Waals surface area contributed by atoms with Crippen molar-refractivity contribution in [3.05, 3.63) is 29.6 Å². The van der Waals surface area contributed by atoms with Crippen molar-refractivity contribution in [2.45, 2.75) is 26.0 Å². The van der Waals surface area contributed by atoms with E-state index in [0.29, 0.717) is 23.7 Å².